The summed E-state index contributed by atoms with van der Waals surface area (Å²) >= 11 is 0. The Hall–Kier alpha value is -3.59. The number of primary amides is 1. The standard InChI is InChI=1S/C19H24N6.CH3NO.CH2O/c1-15-7-8-17(23-13-15)18-12-19(22-11-4-3-9-20-2)24-25(18)16-6-5-10-21-14-16;2-1-3;1-2/h5-8,10,12-14,20H,3-4,9,11H2,1-2H3,(H,22,24);1H,(H2,2,3);1H2. The van der Waals surface area contributed by atoms with Crippen LogP contribution >= 0.6 is 0 Å². The van der Waals surface area contributed by atoms with Crippen LogP contribution in [0.3, 0.4) is 0 Å². The summed E-state index contributed by atoms with van der Waals surface area (Å²) < 4.78 is 1.89. The number of rotatable bonds is 8. The molecule has 3 rings (SSSR count). The number of unbranched alkanes of at least 4 members (excludes halogenated alkanes) is 1. The van der Waals surface area contributed by atoms with E-state index in [9.17, 15) is 0 Å². The van der Waals surface area contributed by atoms with Crippen LogP contribution in [0.4, 0.5) is 5.82 Å². The van der Waals surface area contributed by atoms with Gasteiger partial charge in [-0.3, -0.25) is 14.8 Å². The van der Waals surface area contributed by atoms with Crippen molar-refractivity contribution in [3.8, 4) is 17.1 Å². The molecule has 9 heteroatoms. The molecule has 160 valence electrons. The highest BCUT2D eigenvalue weighted by Crippen LogP contribution is 2.24. The number of aromatic nitrogens is 4. The fourth-order valence-corrected chi connectivity index (χ4v) is 2.59. The van der Waals surface area contributed by atoms with Gasteiger partial charge >= 0.3 is 0 Å². The molecule has 0 saturated heterocycles. The first-order valence-corrected chi connectivity index (χ1v) is 9.45. The molecule has 0 bridgehead atoms. The molecule has 0 aromatic carbocycles. The highest BCUT2D eigenvalue weighted by atomic mass is 16.1. The first-order valence-electron chi connectivity index (χ1n) is 9.45. The third kappa shape index (κ3) is 7.80. The van der Waals surface area contributed by atoms with Crippen molar-refractivity contribution in [3.05, 3.63) is 54.5 Å². The minimum atomic E-state index is 0.250. The van der Waals surface area contributed by atoms with Gasteiger partial charge in [0.15, 0.2) is 0 Å². The Morgan fingerprint density at radius 3 is 2.50 bits per heavy atom. The van der Waals surface area contributed by atoms with Gasteiger partial charge < -0.3 is 21.2 Å². The topological polar surface area (TPSA) is 128 Å². The quantitative estimate of drug-likeness (QED) is 0.382. The molecular weight excluding hydrogens is 382 g/mol. The van der Waals surface area contributed by atoms with E-state index in [0.29, 0.717) is 0 Å². The first-order chi connectivity index (χ1) is 14.7. The fourth-order valence-electron chi connectivity index (χ4n) is 2.59. The smallest absolute Gasteiger partial charge is 0.204 e. The zero-order valence-electron chi connectivity index (χ0n) is 17.4. The predicted molar refractivity (Wildman–Crippen MR) is 118 cm³/mol. The van der Waals surface area contributed by atoms with Crippen molar-refractivity contribution < 1.29 is 9.59 Å². The number of anilines is 1. The molecule has 0 aliphatic carbocycles. The third-order valence-electron chi connectivity index (χ3n) is 3.93. The Morgan fingerprint density at radius 1 is 1.17 bits per heavy atom. The van der Waals surface area contributed by atoms with E-state index in [1.807, 2.05) is 55.9 Å². The van der Waals surface area contributed by atoms with Gasteiger partial charge in [-0.2, -0.15) is 0 Å². The SMILES string of the molecule is C=O.CNCCCCNc1cc(-c2ccc(C)cn2)n(-c2cccnc2)n1.NC=O. The van der Waals surface area contributed by atoms with Crippen molar-refractivity contribution in [2.75, 3.05) is 25.5 Å². The molecule has 3 aromatic heterocycles. The second kappa shape index (κ2) is 14.4. The number of carbonyl (C=O) groups is 2. The number of nitrogens with two attached hydrogens (primary N) is 1. The van der Waals surface area contributed by atoms with Gasteiger partial charge in [0.2, 0.25) is 6.41 Å². The van der Waals surface area contributed by atoms with Gasteiger partial charge in [-0.25, -0.2) is 4.68 Å². The maximum atomic E-state index is 8.58. The second-order valence-corrected chi connectivity index (χ2v) is 6.13. The molecule has 4 N–H and O–H groups in total. The average Bonchev–Trinajstić information content (AvgIpc) is 3.21. The van der Waals surface area contributed by atoms with Crippen LogP contribution in [0, 0.1) is 6.92 Å². The van der Waals surface area contributed by atoms with Crippen LogP contribution in [-0.2, 0) is 9.59 Å². The van der Waals surface area contributed by atoms with Crippen molar-refractivity contribution in [2.24, 2.45) is 5.73 Å². The lowest BCUT2D eigenvalue weighted by molar-refractivity contribution is -0.107. The fraction of sp³-hybridized carbons (Fsp3) is 0.286. The number of nitrogens with one attached hydrogen (secondary N) is 2. The van der Waals surface area contributed by atoms with Gasteiger partial charge in [0.1, 0.15) is 12.6 Å². The third-order valence-corrected chi connectivity index (χ3v) is 3.93. The van der Waals surface area contributed by atoms with E-state index in [0.717, 1.165) is 54.4 Å². The van der Waals surface area contributed by atoms with E-state index in [1.54, 1.807) is 12.4 Å². The van der Waals surface area contributed by atoms with Crippen molar-refractivity contribution >= 4 is 19.0 Å². The summed E-state index contributed by atoms with van der Waals surface area (Å²) in [6.07, 6.45) is 7.93. The van der Waals surface area contributed by atoms with E-state index >= 15 is 0 Å². The summed E-state index contributed by atoms with van der Waals surface area (Å²) in [6, 6.07) is 10.0. The largest absolute Gasteiger partial charge is 0.372 e. The molecular formula is C21H29N7O2. The van der Waals surface area contributed by atoms with Crippen LogP contribution in [0.15, 0.2) is 48.9 Å². The number of hydrogen-bond donors (Lipinski definition) is 3. The lowest BCUT2D eigenvalue weighted by Gasteiger charge is -2.06. The van der Waals surface area contributed by atoms with Crippen molar-refractivity contribution in [2.45, 2.75) is 19.8 Å². The number of amides is 1. The highest BCUT2D eigenvalue weighted by molar-refractivity contribution is 5.62. The van der Waals surface area contributed by atoms with E-state index < -0.39 is 0 Å². The first kappa shape index (κ1) is 24.4. The van der Waals surface area contributed by atoms with Crippen molar-refractivity contribution in [1.29, 1.82) is 0 Å². The molecule has 0 aliphatic heterocycles. The zero-order valence-corrected chi connectivity index (χ0v) is 17.4. The van der Waals surface area contributed by atoms with Gasteiger partial charge in [0.25, 0.3) is 0 Å². The van der Waals surface area contributed by atoms with Crippen LogP contribution < -0.4 is 16.4 Å². The van der Waals surface area contributed by atoms with Crippen LogP contribution in [0.2, 0.25) is 0 Å². The monoisotopic (exact) mass is 411 g/mol. The molecule has 0 unspecified atom stereocenters. The molecule has 0 radical (unpaired) electrons. The predicted octanol–water partition coefficient (Wildman–Crippen LogP) is 1.97. The van der Waals surface area contributed by atoms with Gasteiger partial charge in [0, 0.05) is 25.0 Å². The normalized spacial score (nSPS) is 9.53. The molecule has 0 atom stereocenters. The van der Waals surface area contributed by atoms with E-state index in [2.05, 4.69) is 32.4 Å². The minimum absolute atomic E-state index is 0.250. The van der Waals surface area contributed by atoms with Crippen LogP contribution in [-0.4, -0.2) is 53.1 Å². The maximum absolute atomic E-state index is 8.58. The number of pyridine rings is 2. The lowest BCUT2D eigenvalue weighted by atomic mass is 10.2. The van der Waals surface area contributed by atoms with E-state index in [4.69, 9.17) is 14.7 Å². The number of nitrogens with zero attached hydrogens (tertiary/aromatic N) is 4. The van der Waals surface area contributed by atoms with Gasteiger partial charge in [-0.15, -0.1) is 5.10 Å². The molecule has 0 fully saturated rings. The van der Waals surface area contributed by atoms with Crippen LogP contribution in [0.1, 0.15) is 18.4 Å². The molecule has 1 amide bonds. The van der Waals surface area contributed by atoms with E-state index in [1.165, 1.54) is 0 Å². The highest BCUT2D eigenvalue weighted by Gasteiger charge is 2.12. The second-order valence-electron chi connectivity index (χ2n) is 6.13. The van der Waals surface area contributed by atoms with Crippen LogP contribution in [0.5, 0.6) is 0 Å². The average molecular weight is 412 g/mol. The Labute approximate surface area is 176 Å². The summed E-state index contributed by atoms with van der Waals surface area (Å²) in [6.45, 7) is 5.96. The summed E-state index contributed by atoms with van der Waals surface area (Å²) in [5, 5.41) is 11.3. The Bertz CT molecular complexity index is 852. The summed E-state index contributed by atoms with van der Waals surface area (Å²) in [5.41, 5.74) is 8.07. The number of hydrogen-bond acceptors (Lipinski definition) is 7. The van der Waals surface area contributed by atoms with Crippen LogP contribution in [0.25, 0.3) is 17.1 Å². The Morgan fingerprint density at radius 2 is 1.90 bits per heavy atom. The molecule has 0 spiro atoms. The van der Waals surface area contributed by atoms with Gasteiger partial charge in [-0.1, -0.05) is 6.07 Å². The molecule has 0 aliphatic rings. The molecule has 3 aromatic rings. The number of carbonyl (C=O) groups excluding carboxylic acids is 2. The zero-order chi connectivity index (χ0) is 22.2. The maximum Gasteiger partial charge on any atom is 0.204 e. The Balaban J connectivity index is 0.000000826. The van der Waals surface area contributed by atoms with Gasteiger partial charge in [-0.05, 0) is 57.1 Å². The number of aryl methyl sites for hydroxylation is 1. The van der Waals surface area contributed by atoms with Crippen molar-refractivity contribution in [1.82, 2.24) is 25.1 Å². The Kier molecular flexibility index (Phi) is 11.7. The van der Waals surface area contributed by atoms with E-state index in [-0.39, 0.29) is 6.41 Å². The minimum Gasteiger partial charge on any atom is -0.372 e. The molecule has 9 nitrogen and oxygen atoms in total. The lowest BCUT2D eigenvalue weighted by Crippen LogP contribution is -2.10. The summed E-state index contributed by atoms with van der Waals surface area (Å²) in [7, 11) is 1.98. The molecule has 30 heavy (non-hydrogen) atoms. The summed E-state index contributed by atoms with van der Waals surface area (Å²) in [5.74, 6) is 0.852. The van der Waals surface area contributed by atoms with Gasteiger partial charge in [0.05, 0.1) is 23.3 Å². The molecule has 3 heterocycles. The van der Waals surface area contributed by atoms with Crippen molar-refractivity contribution in [3.63, 3.8) is 0 Å². The summed E-state index contributed by atoms with van der Waals surface area (Å²) in [4.78, 5) is 25.3. The molecule has 0 saturated carbocycles.